The summed E-state index contributed by atoms with van der Waals surface area (Å²) in [4.78, 5) is 36.2. The van der Waals surface area contributed by atoms with Crippen LogP contribution in [0.15, 0.2) is 79.0 Å². The topological polar surface area (TPSA) is 125 Å². The molecule has 9 heteroatoms. The fourth-order valence-corrected chi connectivity index (χ4v) is 5.20. The Balaban J connectivity index is 2.30. The maximum atomic E-state index is 13.0. The lowest BCUT2D eigenvalue weighted by Crippen LogP contribution is -2.45. The molecule has 0 unspecified atom stereocenters. The largest absolute Gasteiger partial charge is 0.507 e. The fourth-order valence-electron chi connectivity index (χ4n) is 3.94. The Kier molecular flexibility index (Phi) is 19.8. The molecule has 0 radical (unpaired) electrons. The van der Waals surface area contributed by atoms with E-state index in [-0.39, 0.29) is 30.3 Å². The number of hydrogen-bond acceptors (Lipinski definition) is 6. The van der Waals surface area contributed by atoms with Crippen molar-refractivity contribution in [3.63, 3.8) is 0 Å². The Labute approximate surface area is 261 Å². The standard InChI is InChI=1S/C34H48N2O6S/c1-4-7-8-9-10-11-12-13-14-15-16-17-18-19-20-21-26-43-34(5-2,6-3)32(40)35-24-25-42-33(41)36-28-22-23-30(37)29(27-28)31(38)39/h7-8,10-11,13-14,16-17,19-20,22-23,27,37H,4-6,9,12,15,18,21,24-26H2,1-3H3,(H,35,40)(H,36,41)(H,38,39)/b8-7-,11-10-,14-13-,17-16-,20-19-. The number of nitrogens with one attached hydrogen (secondary N) is 2. The predicted octanol–water partition coefficient (Wildman–Crippen LogP) is 8.19. The van der Waals surface area contributed by atoms with Crippen LogP contribution in [0.4, 0.5) is 10.5 Å². The zero-order valence-corrected chi connectivity index (χ0v) is 26.5. The number of thioether (sulfide) groups is 1. The fraction of sp³-hybridized carbons (Fsp3) is 0.441. The molecule has 0 aliphatic carbocycles. The molecule has 0 aliphatic heterocycles. The van der Waals surface area contributed by atoms with E-state index in [0.717, 1.165) is 50.3 Å². The summed E-state index contributed by atoms with van der Waals surface area (Å²) >= 11 is 1.65. The summed E-state index contributed by atoms with van der Waals surface area (Å²) in [7, 11) is 0. The van der Waals surface area contributed by atoms with Gasteiger partial charge in [0.05, 0.1) is 11.3 Å². The van der Waals surface area contributed by atoms with Gasteiger partial charge < -0.3 is 20.3 Å². The molecule has 1 aromatic carbocycles. The van der Waals surface area contributed by atoms with E-state index in [9.17, 15) is 19.5 Å². The van der Waals surface area contributed by atoms with Gasteiger partial charge in [-0.15, -0.1) is 11.8 Å². The van der Waals surface area contributed by atoms with Gasteiger partial charge in [-0.3, -0.25) is 10.1 Å². The van der Waals surface area contributed by atoms with E-state index in [2.05, 4.69) is 78.3 Å². The third-order valence-corrected chi connectivity index (χ3v) is 8.23. The quantitative estimate of drug-likeness (QED) is 0.0627. The van der Waals surface area contributed by atoms with Crippen LogP contribution in [0, 0.1) is 0 Å². The first-order chi connectivity index (χ1) is 20.8. The SMILES string of the molecule is CC/C=C\C/C=C\C/C=C\C/C=C\C/C=C\CCSC(CC)(CC)C(=O)NCCOC(=O)Nc1ccc(O)c(C(=O)O)c1. The molecule has 2 amide bonds. The number of ether oxygens (including phenoxy) is 1. The van der Waals surface area contributed by atoms with E-state index in [1.165, 1.54) is 12.1 Å². The average molecular weight is 613 g/mol. The molecule has 0 spiro atoms. The van der Waals surface area contributed by atoms with Gasteiger partial charge in [-0.05, 0) is 75.3 Å². The van der Waals surface area contributed by atoms with Gasteiger partial charge in [-0.1, -0.05) is 81.5 Å². The first-order valence-electron chi connectivity index (χ1n) is 15.0. The Morgan fingerprint density at radius 2 is 1.42 bits per heavy atom. The van der Waals surface area contributed by atoms with Crippen LogP contribution in [-0.4, -0.2) is 51.8 Å². The molecular weight excluding hydrogens is 564 g/mol. The maximum absolute atomic E-state index is 13.0. The molecule has 0 bridgehead atoms. The molecule has 0 heterocycles. The number of aromatic hydroxyl groups is 1. The Hall–Kier alpha value is -3.72. The summed E-state index contributed by atoms with van der Waals surface area (Å²) in [5.41, 5.74) is -0.163. The molecule has 236 valence electrons. The summed E-state index contributed by atoms with van der Waals surface area (Å²) in [6, 6.07) is 3.67. The van der Waals surface area contributed by atoms with Crippen LogP contribution in [-0.2, 0) is 9.53 Å². The van der Waals surface area contributed by atoms with Crippen LogP contribution in [0.25, 0.3) is 0 Å². The number of allylic oxidation sites excluding steroid dienone is 10. The second kappa shape index (κ2) is 22.8. The van der Waals surface area contributed by atoms with Gasteiger partial charge in [0.25, 0.3) is 0 Å². The normalized spacial score (nSPS) is 12.3. The van der Waals surface area contributed by atoms with Crippen molar-refractivity contribution >= 4 is 35.4 Å². The molecule has 0 aromatic heterocycles. The molecule has 0 saturated carbocycles. The zero-order chi connectivity index (χ0) is 31.8. The third kappa shape index (κ3) is 15.9. The van der Waals surface area contributed by atoms with Crippen molar-refractivity contribution in [1.29, 1.82) is 0 Å². The van der Waals surface area contributed by atoms with Gasteiger partial charge in [-0.25, -0.2) is 9.59 Å². The summed E-state index contributed by atoms with van der Waals surface area (Å²) < 4.78 is 4.55. The minimum Gasteiger partial charge on any atom is -0.507 e. The number of carbonyl (C=O) groups excluding carboxylic acids is 2. The van der Waals surface area contributed by atoms with Crippen molar-refractivity contribution in [3.05, 3.63) is 84.5 Å². The van der Waals surface area contributed by atoms with E-state index in [0.29, 0.717) is 12.8 Å². The number of hydrogen-bond donors (Lipinski definition) is 4. The molecule has 4 N–H and O–H groups in total. The van der Waals surface area contributed by atoms with Crippen LogP contribution >= 0.6 is 11.8 Å². The van der Waals surface area contributed by atoms with Crippen LogP contribution < -0.4 is 10.6 Å². The van der Waals surface area contributed by atoms with Crippen LogP contribution in [0.5, 0.6) is 5.75 Å². The lowest BCUT2D eigenvalue weighted by Gasteiger charge is -2.29. The Morgan fingerprint density at radius 3 is 1.95 bits per heavy atom. The lowest BCUT2D eigenvalue weighted by atomic mass is 10.0. The molecule has 0 aliphatic rings. The highest BCUT2D eigenvalue weighted by molar-refractivity contribution is 8.01. The van der Waals surface area contributed by atoms with E-state index in [4.69, 9.17) is 9.84 Å². The molecule has 1 rings (SSSR count). The number of phenols is 1. The molecule has 0 fully saturated rings. The molecule has 43 heavy (non-hydrogen) atoms. The van der Waals surface area contributed by atoms with Crippen LogP contribution in [0.2, 0.25) is 0 Å². The van der Waals surface area contributed by atoms with Gasteiger partial charge in [-0.2, -0.15) is 0 Å². The van der Waals surface area contributed by atoms with Crippen LogP contribution in [0.3, 0.4) is 0 Å². The number of benzene rings is 1. The van der Waals surface area contributed by atoms with Gasteiger partial charge in [0.2, 0.25) is 5.91 Å². The highest BCUT2D eigenvalue weighted by atomic mass is 32.2. The highest BCUT2D eigenvalue weighted by Crippen LogP contribution is 2.33. The van der Waals surface area contributed by atoms with Gasteiger partial charge in [0.15, 0.2) is 0 Å². The van der Waals surface area contributed by atoms with Crippen molar-refractivity contribution in [3.8, 4) is 5.75 Å². The zero-order valence-electron chi connectivity index (χ0n) is 25.7. The molecular formula is C34H48N2O6S. The van der Waals surface area contributed by atoms with E-state index in [1.54, 1.807) is 11.8 Å². The average Bonchev–Trinajstić information content (AvgIpc) is 2.99. The second-order valence-corrected chi connectivity index (χ2v) is 11.1. The number of amides is 2. The lowest BCUT2D eigenvalue weighted by molar-refractivity contribution is -0.123. The smallest absolute Gasteiger partial charge is 0.411 e. The van der Waals surface area contributed by atoms with E-state index >= 15 is 0 Å². The number of carbonyl (C=O) groups is 3. The summed E-state index contributed by atoms with van der Waals surface area (Å²) in [5.74, 6) is -0.979. The van der Waals surface area contributed by atoms with Gasteiger partial charge >= 0.3 is 12.1 Å². The molecule has 0 atom stereocenters. The minimum atomic E-state index is -1.32. The second-order valence-electron chi connectivity index (χ2n) is 9.60. The van der Waals surface area contributed by atoms with Crippen molar-refractivity contribution in [2.45, 2.75) is 76.9 Å². The van der Waals surface area contributed by atoms with Gasteiger partial charge in [0, 0.05) is 5.69 Å². The number of anilines is 1. The summed E-state index contributed by atoms with van der Waals surface area (Å²) in [6.45, 7) is 6.24. The van der Waals surface area contributed by atoms with E-state index in [1.807, 2.05) is 13.8 Å². The number of rotatable bonds is 21. The molecule has 1 aromatic rings. The van der Waals surface area contributed by atoms with Crippen molar-refractivity contribution < 1.29 is 29.3 Å². The minimum absolute atomic E-state index is 0.0460. The van der Waals surface area contributed by atoms with Crippen molar-refractivity contribution in [1.82, 2.24) is 5.32 Å². The summed E-state index contributed by atoms with van der Waals surface area (Å²) in [5, 5.41) is 23.9. The Morgan fingerprint density at radius 1 is 0.860 bits per heavy atom. The highest BCUT2D eigenvalue weighted by Gasteiger charge is 2.34. The Bertz CT molecular complexity index is 1140. The number of aromatic carboxylic acids is 1. The van der Waals surface area contributed by atoms with Gasteiger partial charge in [0.1, 0.15) is 17.9 Å². The third-order valence-electron chi connectivity index (χ3n) is 6.47. The monoisotopic (exact) mass is 612 g/mol. The molecule has 0 saturated heterocycles. The first-order valence-corrected chi connectivity index (χ1v) is 15.9. The van der Waals surface area contributed by atoms with E-state index < -0.39 is 22.6 Å². The van der Waals surface area contributed by atoms with Crippen LogP contribution in [0.1, 0.15) is 82.5 Å². The first kappa shape index (κ1) is 37.3. The van der Waals surface area contributed by atoms with Crippen molar-refractivity contribution in [2.24, 2.45) is 0 Å². The number of carboxylic acid groups (broad SMARTS) is 1. The predicted molar refractivity (Wildman–Crippen MR) is 178 cm³/mol. The summed E-state index contributed by atoms with van der Waals surface area (Å²) in [6.07, 6.45) is 28.0. The maximum Gasteiger partial charge on any atom is 0.411 e. The van der Waals surface area contributed by atoms with Crippen molar-refractivity contribution in [2.75, 3.05) is 24.2 Å². The molecule has 8 nitrogen and oxygen atoms in total. The number of carboxylic acids is 1.